The zero-order valence-corrected chi connectivity index (χ0v) is 17.2. The predicted molar refractivity (Wildman–Crippen MR) is 114 cm³/mol. The van der Waals surface area contributed by atoms with Crippen LogP contribution in [0.1, 0.15) is 48.6 Å². The van der Waals surface area contributed by atoms with Crippen LogP contribution in [0.4, 0.5) is 0 Å². The van der Waals surface area contributed by atoms with Crippen molar-refractivity contribution in [2.75, 3.05) is 0 Å². The highest BCUT2D eigenvalue weighted by atomic mass is 32.1. The molecule has 3 rings (SSSR count). The van der Waals surface area contributed by atoms with Crippen LogP contribution in [0.15, 0.2) is 30.3 Å². The highest BCUT2D eigenvalue weighted by molar-refractivity contribution is 7.23. The van der Waals surface area contributed by atoms with Crippen molar-refractivity contribution >= 4 is 22.7 Å². The molecule has 6 heteroatoms. The number of hydrogen-bond donors (Lipinski definition) is 2. The van der Waals surface area contributed by atoms with E-state index in [2.05, 4.69) is 19.1 Å². The van der Waals surface area contributed by atoms with Crippen LogP contribution in [0.2, 0.25) is 0 Å². The summed E-state index contributed by atoms with van der Waals surface area (Å²) in [5.74, 6) is -0.948. The van der Waals surface area contributed by atoms with Gasteiger partial charge in [0.05, 0.1) is 11.6 Å². The van der Waals surface area contributed by atoms with Gasteiger partial charge in [0, 0.05) is 31.1 Å². The van der Waals surface area contributed by atoms with Crippen molar-refractivity contribution in [2.45, 2.75) is 39.0 Å². The molecule has 0 unspecified atom stereocenters. The Kier molecular flexibility index (Phi) is 6.36. The van der Waals surface area contributed by atoms with Crippen LogP contribution in [0.25, 0.3) is 20.2 Å². The Balaban J connectivity index is 1.90. The summed E-state index contributed by atoms with van der Waals surface area (Å²) in [5, 5.41) is 38.6. The molecule has 2 N–H and O–H groups in total. The molecule has 0 saturated carbocycles. The van der Waals surface area contributed by atoms with Crippen molar-refractivity contribution < 1.29 is 10.2 Å². The lowest BCUT2D eigenvalue weighted by Gasteiger charge is -2.08. The van der Waals surface area contributed by atoms with Gasteiger partial charge in [-0.15, -0.1) is 22.7 Å². The van der Waals surface area contributed by atoms with E-state index in [1.54, 1.807) is 11.3 Å². The summed E-state index contributed by atoms with van der Waals surface area (Å²) < 4.78 is 0. The summed E-state index contributed by atoms with van der Waals surface area (Å²) in [6, 6.07) is 13.2. The zero-order chi connectivity index (χ0) is 20.1. The second-order valence-electron chi connectivity index (χ2n) is 6.51. The molecule has 0 aliphatic rings. The van der Waals surface area contributed by atoms with Crippen molar-refractivity contribution in [1.29, 1.82) is 10.5 Å². The van der Waals surface area contributed by atoms with E-state index in [0.717, 1.165) is 21.1 Å². The van der Waals surface area contributed by atoms with E-state index in [-0.39, 0.29) is 11.1 Å². The Hall–Kier alpha value is -2.80. The van der Waals surface area contributed by atoms with Crippen LogP contribution >= 0.6 is 22.7 Å². The van der Waals surface area contributed by atoms with E-state index in [0.29, 0.717) is 5.56 Å². The van der Waals surface area contributed by atoms with Gasteiger partial charge in [-0.25, -0.2) is 0 Å². The van der Waals surface area contributed by atoms with Crippen LogP contribution < -0.4 is 0 Å². The average molecular weight is 409 g/mol. The molecule has 4 nitrogen and oxygen atoms in total. The summed E-state index contributed by atoms with van der Waals surface area (Å²) in [6.07, 6.45) is 6.05. The molecule has 142 valence electrons. The fourth-order valence-corrected chi connectivity index (χ4v) is 5.30. The third kappa shape index (κ3) is 4.04. The number of aromatic hydroxyl groups is 2. The molecule has 2 aromatic heterocycles. The van der Waals surface area contributed by atoms with Gasteiger partial charge >= 0.3 is 0 Å². The van der Waals surface area contributed by atoms with Gasteiger partial charge in [0.2, 0.25) is 0 Å². The zero-order valence-electron chi connectivity index (χ0n) is 15.5. The number of phenols is 2. The molecule has 0 atom stereocenters. The highest BCUT2D eigenvalue weighted by Crippen LogP contribution is 2.44. The number of benzene rings is 1. The number of nitrogens with zero attached hydrogens (tertiary/aromatic N) is 2. The van der Waals surface area contributed by atoms with E-state index in [9.17, 15) is 20.7 Å². The van der Waals surface area contributed by atoms with Crippen LogP contribution in [0.5, 0.6) is 11.5 Å². The van der Waals surface area contributed by atoms with Crippen molar-refractivity contribution in [3.8, 4) is 43.8 Å². The first-order chi connectivity index (χ1) is 13.6. The summed E-state index contributed by atoms with van der Waals surface area (Å²) in [6.45, 7) is 2.21. The van der Waals surface area contributed by atoms with Gasteiger partial charge in [-0.3, -0.25) is 0 Å². The molecule has 2 heterocycles. The topological polar surface area (TPSA) is 88.0 Å². The predicted octanol–water partition coefficient (Wildman–Crippen LogP) is 6.42. The van der Waals surface area contributed by atoms with Crippen molar-refractivity contribution in [1.82, 2.24) is 0 Å². The van der Waals surface area contributed by atoms with Gasteiger partial charge in [-0.05, 0) is 37.1 Å². The maximum Gasteiger partial charge on any atom is 0.176 e. The van der Waals surface area contributed by atoms with Gasteiger partial charge in [-0.2, -0.15) is 10.5 Å². The van der Waals surface area contributed by atoms with Gasteiger partial charge in [-0.1, -0.05) is 26.2 Å². The third-order valence-corrected chi connectivity index (χ3v) is 6.99. The largest absolute Gasteiger partial charge is 0.504 e. The van der Waals surface area contributed by atoms with Gasteiger partial charge in [0.15, 0.2) is 11.5 Å². The van der Waals surface area contributed by atoms with E-state index >= 15 is 0 Å². The maximum atomic E-state index is 10.0. The Morgan fingerprint density at radius 3 is 2.32 bits per heavy atom. The molecule has 0 saturated heterocycles. The standard InChI is InChI=1S/C22H20N2O2S2/c1-2-3-4-5-6-15-7-8-18(27-15)19-9-10-20(28-19)21-14(12-23)11-17(25)22(26)16(21)13-24/h7-11,25-26H,2-6H2,1H3. The van der Waals surface area contributed by atoms with Crippen molar-refractivity contribution in [3.63, 3.8) is 0 Å². The first-order valence-corrected chi connectivity index (χ1v) is 10.8. The molecule has 0 fully saturated rings. The normalized spacial score (nSPS) is 10.5. The van der Waals surface area contributed by atoms with Crippen molar-refractivity contribution in [3.05, 3.63) is 46.3 Å². The molecule has 3 aromatic rings. The van der Waals surface area contributed by atoms with Crippen LogP contribution in [-0.4, -0.2) is 10.2 Å². The number of rotatable bonds is 7. The molecule has 0 radical (unpaired) electrons. The molecule has 28 heavy (non-hydrogen) atoms. The van der Waals surface area contributed by atoms with E-state index in [1.165, 1.54) is 48.0 Å². The lowest BCUT2D eigenvalue weighted by molar-refractivity contribution is 0.403. The Morgan fingerprint density at radius 2 is 1.61 bits per heavy atom. The fraction of sp³-hybridized carbons (Fsp3) is 0.273. The number of unbranched alkanes of at least 4 members (excludes halogenated alkanes) is 3. The summed E-state index contributed by atoms with van der Waals surface area (Å²) in [5.41, 5.74) is 0.462. The minimum absolute atomic E-state index is 0.0762. The Bertz CT molecular complexity index is 1070. The molecule has 0 amide bonds. The lowest BCUT2D eigenvalue weighted by Crippen LogP contribution is -1.89. The molecule has 0 aliphatic heterocycles. The van der Waals surface area contributed by atoms with Gasteiger partial charge in [0.25, 0.3) is 0 Å². The number of phenolic OH excluding ortho intramolecular Hbond substituents is 2. The molecule has 0 spiro atoms. The number of hydrogen-bond acceptors (Lipinski definition) is 6. The Labute approximate surface area is 172 Å². The monoisotopic (exact) mass is 408 g/mol. The summed E-state index contributed by atoms with van der Waals surface area (Å²) in [7, 11) is 0. The molecule has 0 aliphatic carbocycles. The average Bonchev–Trinajstić information content (AvgIpc) is 3.36. The summed E-state index contributed by atoms with van der Waals surface area (Å²) >= 11 is 3.24. The van der Waals surface area contributed by atoms with Crippen LogP contribution in [0, 0.1) is 22.7 Å². The molecular formula is C22H20N2O2S2. The third-order valence-electron chi connectivity index (χ3n) is 4.55. The van der Waals surface area contributed by atoms with Crippen molar-refractivity contribution in [2.24, 2.45) is 0 Å². The van der Waals surface area contributed by atoms with E-state index < -0.39 is 11.5 Å². The second-order valence-corrected chi connectivity index (χ2v) is 8.76. The lowest BCUT2D eigenvalue weighted by atomic mass is 9.99. The quantitative estimate of drug-likeness (QED) is 0.349. The minimum Gasteiger partial charge on any atom is -0.504 e. The SMILES string of the molecule is CCCCCCc1ccc(-c2ccc(-c3c(C#N)cc(O)c(O)c3C#N)s2)s1. The first kappa shape index (κ1) is 19.9. The smallest absolute Gasteiger partial charge is 0.176 e. The van der Waals surface area contributed by atoms with Crippen LogP contribution in [-0.2, 0) is 6.42 Å². The second kappa shape index (κ2) is 8.93. The number of aryl methyl sites for hydroxylation is 1. The maximum absolute atomic E-state index is 10.0. The molecule has 0 bridgehead atoms. The number of thiophene rings is 2. The molecular weight excluding hydrogens is 388 g/mol. The number of nitriles is 2. The minimum atomic E-state index is -0.489. The highest BCUT2D eigenvalue weighted by Gasteiger charge is 2.20. The fourth-order valence-electron chi connectivity index (χ4n) is 3.09. The van der Waals surface area contributed by atoms with E-state index in [1.807, 2.05) is 24.3 Å². The summed E-state index contributed by atoms with van der Waals surface area (Å²) in [4.78, 5) is 4.29. The van der Waals surface area contributed by atoms with Gasteiger partial charge < -0.3 is 10.2 Å². The van der Waals surface area contributed by atoms with Gasteiger partial charge in [0.1, 0.15) is 11.6 Å². The molecule has 1 aromatic carbocycles. The van der Waals surface area contributed by atoms with Crippen LogP contribution in [0.3, 0.4) is 0 Å². The Morgan fingerprint density at radius 1 is 0.893 bits per heavy atom. The van der Waals surface area contributed by atoms with E-state index in [4.69, 9.17) is 0 Å². The first-order valence-electron chi connectivity index (χ1n) is 9.17.